The molecule has 35 heavy (non-hydrogen) atoms. The number of rotatable bonds is 2. The van der Waals surface area contributed by atoms with Crippen LogP contribution in [0.25, 0.3) is 0 Å². The van der Waals surface area contributed by atoms with Crippen molar-refractivity contribution < 1.29 is 14.6 Å². The molecule has 198 valence electrons. The maximum Gasteiger partial charge on any atom is 0.302 e. The molecule has 0 aromatic heterocycles. The number of allylic oxidation sites excluding steroid dienone is 1. The summed E-state index contributed by atoms with van der Waals surface area (Å²) in [6.07, 6.45) is 10.2. The summed E-state index contributed by atoms with van der Waals surface area (Å²) in [6, 6.07) is 0. The van der Waals surface area contributed by atoms with Crippen LogP contribution in [0.1, 0.15) is 113 Å². The first kappa shape index (κ1) is 25.8. The van der Waals surface area contributed by atoms with Crippen molar-refractivity contribution in [3.05, 3.63) is 12.2 Å². The summed E-state index contributed by atoms with van der Waals surface area (Å²) >= 11 is 0. The molecule has 0 heterocycles. The summed E-state index contributed by atoms with van der Waals surface area (Å²) in [5, 5.41) is 11.8. The van der Waals surface area contributed by atoms with Crippen LogP contribution in [0.2, 0.25) is 0 Å². The van der Waals surface area contributed by atoms with E-state index >= 15 is 0 Å². The van der Waals surface area contributed by atoms with Crippen LogP contribution in [0.3, 0.4) is 0 Å². The first-order chi connectivity index (χ1) is 16.1. The van der Waals surface area contributed by atoms with E-state index in [1.807, 2.05) is 0 Å². The molecule has 5 aliphatic rings. The summed E-state index contributed by atoms with van der Waals surface area (Å²) in [7, 11) is 0. The van der Waals surface area contributed by atoms with Gasteiger partial charge >= 0.3 is 5.97 Å². The molecule has 5 rings (SSSR count). The van der Waals surface area contributed by atoms with Crippen LogP contribution in [-0.2, 0) is 9.53 Å². The molecule has 0 spiro atoms. The number of aliphatic hydroxyl groups excluding tert-OH is 1. The Hall–Kier alpha value is -0.830. The van der Waals surface area contributed by atoms with Gasteiger partial charge in [-0.15, -0.1) is 0 Å². The van der Waals surface area contributed by atoms with Crippen LogP contribution in [0, 0.1) is 56.7 Å². The molecule has 5 aliphatic carbocycles. The fourth-order valence-corrected chi connectivity index (χ4v) is 11.8. The lowest BCUT2D eigenvalue weighted by Gasteiger charge is -2.73. The maximum atomic E-state index is 11.9. The van der Waals surface area contributed by atoms with Crippen molar-refractivity contribution in [1.29, 1.82) is 0 Å². The van der Waals surface area contributed by atoms with E-state index in [2.05, 4.69) is 55.0 Å². The molecule has 11 atom stereocenters. The van der Waals surface area contributed by atoms with Crippen molar-refractivity contribution in [3.63, 3.8) is 0 Å². The quantitative estimate of drug-likeness (QED) is 0.325. The lowest BCUT2D eigenvalue weighted by molar-refractivity contribution is -0.275. The van der Waals surface area contributed by atoms with Crippen LogP contribution < -0.4 is 0 Å². The van der Waals surface area contributed by atoms with Gasteiger partial charge in [0.25, 0.3) is 0 Å². The van der Waals surface area contributed by atoms with Gasteiger partial charge in [-0.2, -0.15) is 0 Å². The number of aliphatic hydroxyl groups is 1. The lowest BCUT2D eigenvalue weighted by atomic mass is 9.32. The number of hydrogen-bond donors (Lipinski definition) is 1. The topological polar surface area (TPSA) is 46.5 Å². The van der Waals surface area contributed by atoms with Crippen LogP contribution in [0.5, 0.6) is 0 Å². The highest BCUT2D eigenvalue weighted by atomic mass is 16.5. The second kappa shape index (κ2) is 7.84. The normalized spacial score (nSPS) is 54.6. The first-order valence-corrected chi connectivity index (χ1v) is 14.6. The molecule has 0 amide bonds. The highest BCUT2D eigenvalue weighted by Crippen LogP contribution is 2.77. The number of carbonyl (C=O) groups is 1. The fourth-order valence-electron chi connectivity index (χ4n) is 11.8. The summed E-state index contributed by atoms with van der Waals surface area (Å²) in [6.45, 7) is 23.1. The Bertz CT molecular complexity index is 906. The zero-order valence-corrected chi connectivity index (χ0v) is 23.9. The number of esters is 1. The van der Waals surface area contributed by atoms with Crippen LogP contribution >= 0.6 is 0 Å². The van der Waals surface area contributed by atoms with Gasteiger partial charge in [0.15, 0.2) is 0 Å². The summed E-state index contributed by atoms with van der Waals surface area (Å²) in [4.78, 5) is 11.9. The third kappa shape index (κ3) is 3.21. The van der Waals surface area contributed by atoms with Gasteiger partial charge in [0.2, 0.25) is 0 Å². The summed E-state index contributed by atoms with van der Waals surface area (Å²) < 4.78 is 5.82. The molecule has 5 fully saturated rings. The van der Waals surface area contributed by atoms with Crippen molar-refractivity contribution >= 4 is 5.97 Å². The minimum atomic E-state index is -0.418. The third-order valence-corrected chi connectivity index (χ3v) is 13.9. The predicted molar refractivity (Wildman–Crippen MR) is 142 cm³/mol. The Labute approximate surface area is 214 Å². The average molecular weight is 485 g/mol. The largest absolute Gasteiger partial charge is 0.462 e. The molecular weight excluding hydrogens is 432 g/mol. The Morgan fingerprint density at radius 2 is 1.54 bits per heavy atom. The molecule has 0 aromatic carbocycles. The van der Waals surface area contributed by atoms with E-state index in [4.69, 9.17) is 4.74 Å². The second-order valence-electron chi connectivity index (χ2n) is 15.4. The first-order valence-electron chi connectivity index (χ1n) is 14.6. The van der Waals surface area contributed by atoms with Gasteiger partial charge in [0.1, 0.15) is 6.10 Å². The summed E-state index contributed by atoms with van der Waals surface area (Å²) in [5.41, 5.74) is 2.17. The Morgan fingerprint density at radius 1 is 0.857 bits per heavy atom. The maximum absolute atomic E-state index is 11.9. The van der Waals surface area contributed by atoms with Gasteiger partial charge in [-0.3, -0.25) is 4.79 Å². The van der Waals surface area contributed by atoms with E-state index in [-0.39, 0.29) is 28.3 Å². The molecule has 5 saturated carbocycles. The van der Waals surface area contributed by atoms with Gasteiger partial charge in [-0.25, -0.2) is 0 Å². The molecule has 3 heteroatoms. The zero-order chi connectivity index (χ0) is 25.8. The fraction of sp³-hybridized carbons (Fsp3) is 0.906. The van der Waals surface area contributed by atoms with E-state index in [0.717, 1.165) is 18.3 Å². The highest BCUT2D eigenvalue weighted by molar-refractivity contribution is 5.66. The molecule has 0 aromatic rings. The van der Waals surface area contributed by atoms with Crippen LogP contribution in [0.4, 0.5) is 0 Å². The minimum absolute atomic E-state index is 0.125. The summed E-state index contributed by atoms with van der Waals surface area (Å²) in [5.74, 6) is 2.86. The van der Waals surface area contributed by atoms with Gasteiger partial charge in [0.05, 0.1) is 6.10 Å². The van der Waals surface area contributed by atoms with Crippen molar-refractivity contribution in [3.8, 4) is 0 Å². The van der Waals surface area contributed by atoms with Gasteiger partial charge in [-0.05, 0) is 104 Å². The van der Waals surface area contributed by atoms with Crippen molar-refractivity contribution in [1.82, 2.24) is 0 Å². The predicted octanol–water partition coefficient (Wildman–Crippen LogP) is 7.57. The van der Waals surface area contributed by atoms with Crippen molar-refractivity contribution in [2.24, 2.45) is 56.7 Å². The monoisotopic (exact) mass is 484 g/mol. The zero-order valence-electron chi connectivity index (χ0n) is 23.9. The molecule has 0 radical (unpaired) electrons. The van der Waals surface area contributed by atoms with Crippen molar-refractivity contribution in [2.75, 3.05) is 0 Å². The molecule has 1 N–H and O–H groups in total. The van der Waals surface area contributed by atoms with E-state index < -0.39 is 6.10 Å². The second-order valence-corrected chi connectivity index (χ2v) is 15.4. The molecule has 11 unspecified atom stereocenters. The standard InChI is InChI=1S/C32H52O3/c1-19(2)21-12-14-29(6)16-17-30(7)22(27(21)29)10-11-24-31(30,8)15-13-23-28(4,5)26(35-20(3)33)18-25(34)32(23,24)9/h21-27,34H,1,10-18H2,2-9H3. The smallest absolute Gasteiger partial charge is 0.302 e. The van der Waals surface area contributed by atoms with Crippen LogP contribution in [-0.4, -0.2) is 23.3 Å². The number of carbonyl (C=O) groups excluding carboxylic acids is 1. The SMILES string of the molecule is C=C(C)C1CCC2(C)CCC3(C)C(CCC4C5(C)C(O)CC(OC(C)=O)C(C)(C)C5CCC43C)C12. The number of fused-ring (bicyclic) bond motifs is 7. The van der Waals surface area contributed by atoms with E-state index in [1.165, 1.54) is 57.4 Å². The average Bonchev–Trinajstić information content (AvgIpc) is 3.10. The van der Waals surface area contributed by atoms with Gasteiger partial charge in [0, 0.05) is 24.2 Å². The Balaban J connectivity index is 1.53. The van der Waals surface area contributed by atoms with E-state index in [1.54, 1.807) is 0 Å². The molecule has 0 bridgehead atoms. The molecular formula is C32H52O3. The number of hydrogen-bond acceptors (Lipinski definition) is 3. The highest BCUT2D eigenvalue weighted by Gasteiger charge is 2.72. The Morgan fingerprint density at radius 3 is 2.17 bits per heavy atom. The van der Waals surface area contributed by atoms with E-state index in [0.29, 0.717) is 35.0 Å². The molecule has 0 saturated heterocycles. The van der Waals surface area contributed by atoms with Gasteiger partial charge < -0.3 is 9.84 Å². The molecule has 0 aliphatic heterocycles. The van der Waals surface area contributed by atoms with Gasteiger partial charge in [-0.1, -0.05) is 53.7 Å². The minimum Gasteiger partial charge on any atom is -0.462 e. The Kier molecular flexibility index (Phi) is 5.78. The van der Waals surface area contributed by atoms with E-state index in [9.17, 15) is 9.90 Å². The third-order valence-electron chi connectivity index (χ3n) is 13.9. The number of ether oxygens (including phenoxy) is 1. The lowest BCUT2D eigenvalue weighted by Crippen LogP contribution is -2.69. The van der Waals surface area contributed by atoms with Crippen molar-refractivity contribution in [2.45, 2.75) is 125 Å². The molecule has 3 nitrogen and oxygen atoms in total. The van der Waals surface area contributed by atoms with Crippen LogP contribution in [0.15, 0.2) is 12.2 Å².